The summed E-state index contributed by atoms with van der Waals surface area (Å²) in [5, 5.41) is 9.85. The smallest absolute Gasteiger partial charge is 0.177 e. The fraction of sp³-hybridized carbons (Fsp3) is 0.688. The molecule has 0 atom stereocenters. The van der Waals surface area contributed by atoms with Crippen LogP contribution in [0.15, 0.2) is 6.07 Å². The van der Waals surface area contributed by atoms with Crippen molar-refractivity contribution in [3.05, 3.63) is 21.4 Å². The number of nitrogens with zero attached hydrogens (tertiary/aromatic N) is 2. The van der Waals surface area contributed by atoms with Crippen LogP contribution in [0, 0.1) is 13.8 Å². The number of ketones is 1. The number of aliphatic hydroxyl groups is 1. The summed E-state index contributed by atoms with van der Waals surface area (Å²) in [4.78, 5) is 19.2. The summed E-state index contributed by atoms with van der Waals surface area (Å²) in [5.74, 6) is 0.229. The number of aryl methyl sites for hydroxylation is 2. The summed E-state index contributed by atoms with van der Waals surface area (Å²) >= 11 is 1.69. The molecule has 0 spiro atoms. The molecule has 0 saturated carbocycles. The van der Waals surface area contributed by atoms with Crippen LogP contribution in [0.2, 0.25) is 0 Å². The van der Waals surface area contributed by atoms with Gasteiger partial charge in [-0.1, -0.05) is 0 Å². The molecule has 0 radical (unpaired) electrons. The Balaban J connectivity index is 1.83. The average Bonchev–Trinajstić information content (AvgIpc) is 2.69. The molecule has 0 unspecified atom stereocenters. The molecule has 118 valence electrons. The molecule has 5 heteroatoms. The number of rotatable bonds is 5. The number of hydrogen-bond acceptors (Lipinski definition) is 5. The molecular formula is C16H26N2O2S. The number of piperazine rings is 1. The van der Waals surface area contributed by atoms with Gasteiger partial charge in [0.05, 0.1) is 12.1 Å². The zero-order valence-electron chi connectivity index (χ0n) is 13.5. The minimum Gasteiger partial charge on any atom is -0.389 e. The number of β-amino-alcohol motifs (C(OH)–C–C–N with tert-alkyl or cyclic N) is 1. The molecule has 1 aliphatic heterocycles. The highest BCUT2D eigenvalue weighted by Gasteiger charge is 2.24. The molecule has 2 rings (SSSR count). The summed E-state index contributed by atoms with van der Waals surface area (Å²) in [5.41, 5.74) is 0.236. The van der Waals surface area contributed by atoms with Crippen LogP contribution in [0.3, 0.4) is 0 Å². The van der Waals surface area contributed by atoms with Crippen LogP contribution < -0.4 is 0 Å². The lowest BCUT2D eigenvalue weighted by molar-refractivity contribution is 0.0179. The van der Waals surface area contributed by atoms with Gasteiger partial charge in [-0.25, -0.2) is 0 Å². The van der Waals surface area contributed by atoms with Crippen molar-refractivity contribution in [2.24, 2.45) is 0 Å². The maximum Gasteiger partial charge on any atom is 0.177 e. The highest BCUT2D eigenvalue weighted by Crippen LogP contribution is 2.21. The Hall–Kier alpha value is -0.750. The Morgan fingerprint density at radius 3 is 2.29 bits per heavy atom. The first kappa shape index (κ1) is 16.6. The molecule has 0 aromatic carbocycles. The predicted octanol–water partition coefficient (Wildman–Crippen LogP) is 1.94. The number of Topliss-reactive ketones (excluding diaryl/α,β-unsaturated/α-hetero) is 1. The number of thiophene rings is 1. The Labute approximate surface area is 131 Å². The van der Waals surface area contributed by atoms with E-state index in [1.165, 1.54) is 4.88 Å². The van der Waals surface area contributed by atoms with E-state index in [2.05, 4.69) is 9.80 Å². The Bertz CT molecular complexity index is 497. The second kappa shape index (κ2) is 6.57. The Kier molecular flexibility index (Phi) is 5.20. The van der Waals surface area contributed by atoms with Gasteiger partial charge in [-0.2, -0.15) is 0 Å². The van der Waals surface area contributed by atoms with E-state index in [0.717, 1.165) is 36.6 Å². The largest absolute Gasteiger partial charge is 0.389 e. The molecule has 2 heterocycles. The molecule has 21 heavy (non-hydrogen) atoms. The SMILES string of the molecule is Cc1cc(C(=O)CN2CCN(CC(C)(C)O)CC2)c(C)s1. The fourth-order valence-electron chi connectivity index (χ4n) is 2.85. The molecule has 0 bridgehead atoms. The van der Waals surface area contributed by atoms with E-state index in [1.54, 1.807) is 11.3 Å². The summed E-state index contributed by atoms with van der Waals surface area (Å²) in [7, 11) is 0. The van der Waals surface area contributed by atoms with E-state index in [4.69, 9.17) is 0 Å². The van der Waals surface area contributed by atoms with Gasteiger partial charge in [0.15, 0.2) is 5.78 Å². The second-order valence-corrected chi connectivity index (χ2v) is 8.08. The van der Waals surface area contributed by atoms with E-state index in [9.17, 15) is 9.90 Å². The lowest BCUT2D eigenvalue weighted by atomic mass is 10.1. The van der Waals surface area contributed by atoms with Gasteiger partial charge in [-0.3, -0.25) is 14.6 Å². The molecular weight excluding hydrogens is 284 g/mol. The standard InChI is InChI=1S/C16H26N2O2S/c1-12-9-14(13(2)21-12)15(19)10-17-5-7-18(8-6-17)11-16(3,4)20/h9,20H,5-8,10-11H2,1-4H3. The first-order valence-electron chi connectivity index (χ1n) is 7.52. The van der Waals surface area contributed by atoms with Crippen molar-refractivity contribution in [3.8, 4) is 0 Å². The Morgan fingerprint density at radius 2 is 1.81 bits per heavy atom. The van der Waals surface area contributed by atoms with Gasteiger partial charge >= 0.3 is 0 Å². The molecule has 4 nitrogen and oxygen atoms in total. The van der Waals surface area contributed by atoms with E-state index in [-0.39, 0.29) is 5.78 Å². The molecule has 1 saturated heterocycles. The van der Waals surface area contributed by atoms with Gasteiger partial charge in [-0.05, 0) is 33.8 Å². The normalized spacial score (nSPS) is 18.1. The maximum atomic E-state index is 12.4. The number of hydrogen-bond donors (Lipinski definition) is 1. The van der Waals surface area contributed by atoms with Crippen LogP contribution in [0.5, 0.6) is 0 Å². The van der Waals surface area contributed by atoms with Crippen molar-refractivity contribution in [2.45, 2.75) is 33.3 Å². The highest BCUT2D eigenvalue weighted by molar-refractivity contribution is 7.12. The van der Waals surface area contributed by atoms with Gasteiger partial charge in [0.25, 0.3) is 0 Å². The van der Waals surface area contributed by atoms with Crippen LogP contribution in [0.25, 0.3) is 0 Å². The predicted molar refractivity (Wildman–Crippen MR) is 87.3 cm³/mol. The van der Waals surface area contributed by atoms with Crippen molar-refractivity contribution < 1.29 is 9.90 Å². The first-order chi connectivity index (χ1) is 9.74. The van der Waals surface area contributed by atoms with Crippen molar-refractivity contribution in [3.63, 3.8) is 0 Å². The lowest BCUT2D eigenvalue weighted by Gasteiger charge is -2.37. The zero-order valence-corrected chi connectivity index (χ0v) is 14.3. The lowest BCUT2D eigenvalue weighted by Crippen LogP contribution is -2.51. The molecule has 1 aromatic heterocycles. The van der Waals surface area contributed by atoms with Crippen LogP contribution in [-0.2, 0) is 0 Å². The van der Waals surface area contributed by atoms with Crippen molar-refractivity contribution >= 4 is 17.1 Å². The van der Waals surface area contributed by atoms with Gasteiger partial charge in [0, 0.05) is 48.0 Å². The molecule has 0 amide bonds. The van der Waals surface area contributed by atoms with Crippen LogP contribution in [-0.4, -0.2) is 65.6 Å². The van der Waals surface area contributed by atoms with E-state index in [1.807, 2.05) is 33.8 Å². The monoisotopic (exact) mass is 310 g/mol. The number of carbonyl (C=O) groups excluding carboxylic acids is 1. The highest BCUT2D eigenvalue weighted by atomic mass is 32.1. The van der Waals surface area contributed by atoms with Gasteiger partial charge in [0.1, 0.15) is 0 Å². The Morgan fingerprint density at radius 1 is 1.24 bits per heavy atom. The van der Waals surface area contributed by atoms with Gasteiger partial charge < -0.3 is 5.11 Å². The fourth-order valence-corrected chi connectivity index (χ4v) is 3.79. The summed E-state index contributed by atoms with van der Waals surface area (Å²) in [6.07, 6.45) is 0. The average molecular weight is 310 g/mol. The van der Waals surface area contributed by atoms with Gasteiger partial charge in [-0.15, -0.1) is 11.3 Å². The third-order valence-corrected chi connectivity index (χ3v) is 4.75. The quantitative estimate of drug-likeness (QED) is 0.844. The molecule has 1 aromatic rings. The minimum atomic E-state index is -0.649. The topological polar surface area (TPSA) is 43.8 Å². The van der Waals surface area contributed by atoms with Crippen LogP contribution in [0.1, 0.15) is 34.0 Å². The van der Waals surface area contributed by atoms with E-state index in [0.29, 0.717) is 13.1 Å². The number of carbonyl (C=O) groups is 1. The van der Waals surface area contributed by atoms with Crippen molar-refractivity contribution in [2.75, 3.05) is 39.3 Å². The van der Waals surface area contributed by atoms with Crippen molar-refractivity contribution in [1.29, 1.82) is 0 Å². The van der Waals surface area contributed by atoms with Gasteiger partial charge in [0.2, 0.25) is 0 Å². The van der Waals surface area contributed by atoms with E-state index < -0.39 is 5.60 Å². The summed E-state index contributed by atoms with van der Waals surface area (Å²) in [6.45, 7) is 12.6. The first-order valence-corrected chi connectivity index (χ1v) is 8.33. The molecule has 1 N–H and O–H groups in total. The third-order valence-electron chi connectivity index (χ3n) is 3.78. The zero-order chi connectivity index (χ0) is 15.6. The summed E-state index contributed by atoms with van der Waals surface area (Å²) in [6, 6.07) is 2.01. The third kappa shape index (κ3) is 4.88. The minimum absolute atomic E-state index is 0.229. The van der Waals surface area contributed by atoms with E-state index >= 15 is 0 Å². The molecule has 1 fully saturated rings. The second-order valence-electron chi connectivity index (χ2n) is 6.61. The molecule has 0 aliphatic carbocycles. The summed E-state index contributed by atoms with van der Waals surface area (Å²) < 4.78 is 0. The maximum absolute atomic E-state index is 12.4. The van der Waals surface area contributed by atoms with Crippen LogP contribution in [0.4, 0.5) is 0 Å². The van der Waals surface area contributed by atoms with Crippen molar-refractivity contribution in [1.82, 2.24) is 9.80 Å². The molecule has 1 aliphatic rings. The van der Waals surface area contributed by atoms with Crippen LogP contribution >= 0.6 is 11.3 Å².